The van der Waals surface area contributed by atoms with Gasteiger partial charge in [-0.25, -0.2) is 9.48 Å². The number of aromatic nitrogens is 2. The quantitative estimate of drug-likeness (QED) is 0.936. The summed E-state index contributed by atoms with van der Waals surface area (Å²) in [6.07, 6.45) is 1.89. The third-order valence-corrected chi connectivity index (χ3v) is 3.34. The molecule has 2 aromatic rings. The fourth-order valence-electron chi connectivity index (χ4n) is 2.26. The number of hydrogen-bond acceptors (Lipinski definition) is 2. The molecule has 0 fully saturated rings. The molecule has 0 aliphatic rings. The zero-order chi connectivity index (χ0) is 15.4. The van der Waals surface area contributed by atoms with Crippen molar-refractivity contribution >= 4 is 11.7 Å². The van der Waals surface area contributed by atoms with Crippen LogP contribution in [0.25, 0.3) is 5.69 Å². The molecule has 0 aliphatic carbocycles. The first kappa shape index (κ1) is 15.1. The molecule has 0 atom stereocenters. The van der Waals surface area contributed by atoms with Crippen LogP contribution in [-0.4, -0.2) is 33.3 Å². The van der Waals surface area contributed by atoms with Crippen LogP contribution >= 0.6 is 0 Å². The molecule has 0 aliphatic heterocycles. The highest BCUT2D eigenvalue weighted by molar-refractivity contribution is 5.91. The van der Waals surface area contributed by atoms with Crippen LogP contribution in [0.15, 0.2) is 36.5 Å². The standard InChI is InChI=1S/C16H22N4O/c1-5-19(12(2)3)16(21)17-14-8-6-7-9-15(14)20-11-10-13(4)18-20/h6-12H,5H2,1-4H3,(H,17,21). The van der Waals surface area contributed by atoms with Gasteiger partial charge in [0.15, 0.2) is 0 Å². The highest BCUT2D eigenvalue weighted by Gasteiger charge is 2.16. The first-order valence-electron chi connectivity index (χ1n) is 7.22. The van der Waals surface area contributed by atoms with Crippen molar-refractivity contribution in [3.8, 4) is 5.69 Å². The molecule has 0 unspecified atom stereocenters. The zero-order valence-corrected chi connectivity index (χ0v) is 13.0. The average molecular weight is 286 g/mol. The van der Waals surface area contributed by atoms with Gasteiger partial charge in [0.1, 0.15) is 0 Å². The summed E-state index contributed by atoms with van der Waals surface area (Å²) in [5, 5.41) is 7.38. The minimum absolute atomic E-state index is 0.0937. The first-order valence-corrected chi connectivity index (χ1v) is 7.22. The Bertz CT molecular complexity index is 618. The third-order valence-electron chi connectivity index (χ3n) is 3.34. The van der Waals surface area contributed by atoms with E-state index in [1.54, 1.807) is 9.58 Å². The van der Waals surface area contributed by atoms with Gasteiger partial charge in [-0.15, -0.1) is 0 Å². The van der Waals surface area contributed by atoms with Crippen LogP contribution in [-0.2, 0) is 0 Å². The van der Waals surface area contributed by atoms with Gasteiger partial charge in [-0.2, -0.15) is 5.10 Å². The molecule has 1 aromatic heterocycles. The van der Waals surface area contributed by atoms with Gasteiger partial charge in [-0.3, -0.25) is 0 Å². The normalized spacial score (nSPS) is 10.7. The van der Waals surface area contributed by atoms with Gasteiger partial charge in [-0.05, 0) is 45.9 Å². The van der Waals surface area contributed by atoms with E-state index >= 15 is 0 Å². The molecule has 2 amide bonds. The lowest BCUT2D eigenvalue weighted by Gasteiger charge is -2.25. The molecule has 5 heteroatoms. The summed E-state index contributed by atoms with van der Waals surface area (Å²) in [5.41, 5.74) is 2.55. The van der Waals surface area contributed by atoms with E-state index in [1.807, 2.05) is 64.2 Å². The highest BCUT2D eigenvalue weighted by atomic mass is 16.2. The van der Waals surface area contributed by atoms with Gasteiger partial charge in [0.2, 0.25) is 0 Å². The lowest BCUT2D eigenvalue weighted by atomic mass is 10.2. The molecule has 112 valence electrons. The summed E-state index contributed by atoms with van der Waals surface area (Å²) in [6.45, 7) is 8.60. The number of urea groups is 1. The van der Waals surface area contributed by atoms with Crippen molar-refractivity contribution in [2.45, 2.75) is 33.7 Å². The van der Waals surface area contributed by atoms with Crippen LogP contribution in [0.1, 0.15) is 26.5 Å². The van der Waals surface area contributed by atoms with Crippen molar-refractivity contribution in [1.29, 1.82) is 0 Å². The molecule has 2 rings (SSSR count). The molecule has 0 saturated carbocycles. The molecular weight excluding hydrogens is 264 g/mol. The Hall–Kier alpha value is -2.30. The van der Waals surface area contributed by atoms with E-state index in [0.29, 0.717) is 6.54 Å². The Morgan fingerprint density at radius 3 is 2.62 bits per heavy atom. The smallest absolute Gasteiger partial charge is 0.322 e. The van der Waals surface area contributed by atoms with Crippen molar-refractivity contribution in [1.82, 2.24) is 14.7 Å². The van der Waals surface area contributed by atoms with E-state index in [-0.39, 0.29) is 12.1 Å². The molecule has 0 saturated heterocycles. The summed E-state index contributed by atoms with van der Waals surface area (Å²) in [7, 11) is 0. The number of nitrogens with zero attached hydrogens (tertiary/aromatic N) is 3. The highest BCUT2D eigenvalue weighted by Crippen LogP contribution is 2.20. The Balaban J connectivity index is 2.27. The van der Waals surface area contributed by atoms with Gasteiger partial charge in [0.05, 0.1) is 17.1 Å². The largest absolute Gasteiger partial charge is 0.322 e. The number of benzene rings is 1. The second kappa shape index (κ2) is 6.43. The Morgan fingerprint density at radius 2 is 2.05 bits per heavy atom. The second-order valence-corrected chi connectivity index (χ2v) is 5.23. The number of hydrogen-bond donors (Lipinski definition) is 1. The number of para-hydroxylation sites is 2. The van der Waals surface area contributed by atoms with Crippen LogP contribution in [0.4, 0.5) is 10.5 Å². The zero-order valence-electron chi connectivity index (χ0n) is 13.0. The lowest BCUT2D eigenvalue weighted by molar-refractivity contribution is 0.201. The molecule has 1 heterocycles. The molecule has 0 radical (unpaired) electrons. The second-order valence-electron chi connectivity index (χ2n) is 5.23. The van der Waals surface area contributed by atoms with Crippen molar-refractivity contribution in [3.05, 3.63) is 42.2 Å². The molecular formula is C16H22N4O. The number of amides is 2. The number of anilines is 1. The van der Waals surface area contributed by atoms with E-state index in [2.05, 4.69) is 10.4 Å². The Labute approximate surface area is 125 Å². The molecule has 0 bridgehead atoms. The van der Waals surface area contributed by atoms with E-state index in [4.69, 9.17) is 0 Å². The first-order chi connectivity index (χ1) is 10.0. The Morgan fingerprint density at radius 1 is 1.33 bits per heavy atom. The van der Waals surface area contributed by atoms with Crippen LogP contribution < -0.4 is 5.32 Å². The fourth-order valence-corrected chi connectivity index (χ4v) is 2.26. The number of carbonyl (C=O) groups is 1. The maximum absolute atomic E-state index is 12.4. The average Bonchev–Trinajstić information content (AvgIpc) is 2.86. The molecule has 1 aromatic carbocycles. The monoisotopic (exact) mass is 286 g/mol. The third kappa shape index (κ3) is 3.42. The van der Waals surface area contributed by atoms with Crippen LogP contribution in [0.5, 0.6) is 0 Å². The van der Waals surface area contributed by atoms with Gasteiger partial charge < -0.3 is 10.2 Å². The van der Waals surface area contributed by atoms with E-state index in [9.17, 15) is 4.79 Å². The van der Waals surface area contributed by atoms with Crippen LogP contribution in [0.3, 0.4) is 0 Å². The van der Waals surface area contributed by atoms with Crippen molar-refractivity contribution in [3.63, 3.8) is 0 Å². The number of nitrogens with one attached hydrogen (secondary N) is 1. The minimum Gasteiger partial charge on any atom is -0.322 e. The summed E-state index contributed by atoms with van der Waals surface area (Å²) >= 11 is 0. The van der Waals surface area contributed by atoms with Crippen molar-refractivity contribution in [2.24, 2.45) is 0 Å². The lowest BCUT2D eigenvalue weighted by Crippen LogP contribution is -2.39. The summed E-state index contributed by atoms with van der Waals surface area (Å²) < 4.78 is 1.77. The van der Waals surface area contributed by atoms with E-state index in [0.717, 1.165) is 17.1 Å². The minimum atomic E-state index is -0.0937. The summed E-state index contributed by atoms with van der Waals surface area (Å²) in [4.78, 5) is 14.1. The van der Waals surface area contributed by atoms with Crippen LogP contribution in [0, 0.1) is 6.92 Å². The molecule has 0 spiro atoms. The number of carbonyl (C=O) groups excluding carboxylic acids is 1. The summed E-state index contributed by atoms with van der Waals surface area (Å²) in [6, 6.07) is 9.67. The predicted octanol–water partition coefficient (Wildman–Crippen LogP) is 3.44. The van der Waals surface area contributed by atoms with Crippen molar-refractivity contribution in [2.75, 3.05) is 11.9 Å². The topological polar surface area (TPSA) is 50.2 Å². The molecule has 5 nitrogen and oxygen atoms in total. The number of aryl methyl sites for hydroxylation is 1. The van der Waals surface area contributed by atoms with Crippen molar-refractivity contribution < 1.29 is 4.79 Å². The summed E-state index contributed by atoms with van der Waals surface area (Å²) in [5.74, 6) is 0. The predicted molar refractivity (Wildman–Crippen MR) is 84.8 cm³/mol. The molecule has 21 heavy (non-hydrogen) atoms. The van der Waals surface area contributed by atoms with Gasteiger partial charge >= 0.3 is 6.03 Å². The maximum atomic E-state index is 12.4. The van der Waals surface area contributed by atoms with Crippen LogP contribution in [0.2, 0.25) is 0 Å². The SMILES string of the molecule is CCN(C(=O)Nc1ccccc1-n1ccc(C)n1)C(C)C. The number of rotatable bonds is 4. The molecule has 1 N–H and O–H groups in total. The fraction of sp³-hybridized carbons (Fsp3) is 0.375. The maximum Gasteiger partial charge on any atom is 0.322 e. The van der Waals surface area contributed by atoms with E-state index in [1.165, 1.54) is 0 Å². The van der Waals surface area contributed by atoms with Gasteiger partial charge in [0.25, 0.3) is 0 Å². The van der Waals surface area contributed by atoms with Gasteiger partial charge in [0, 0.05) is 18.8 Å². The Kier molecular flexibility index (Phi) is 4.62. The van der Waals surface area contributed by atoms with Gasteiger partial charge in [-0.1, -0.05) is 12.1 Å². The van der Waals surface area contributed by atoms with E-state index < -0.39 is 0 Å².